The Kier molecular flexibility index (Phi) is 9.24. The Morgan fingerprint density at radius 2 is 2.00 bits per heavy atom. The van der Waals surface area contributed by atoms with Gasteiger partial charge in [0.2, 0.25) is 0 Å². The fourth-order valence-corrected chi connectivity index (χ4v) is 1.08. The van der Waals surface area contributed by atoms with E-state index in [1.54, 1.807) is 0 Å². The van der Waals surface area contributed by atoms with E-state index >= 15 is 0 Å². The van der Waals surface area contributed by atoms with Gasteiger partial charge in [-0.05, 0) is 18.8 Å². The van der Waals surface area contributed by atoms with Crippen molar-refractivity contribution < 1.29 is 19.4 Å². The number of aliphatic hydroxyl groups is 1. The van der Waals surface area contributed by atoms with Gasteiger partial charge < -0.3 is 14.6 Å². The number of carbonyl (C=O) groups is 1. The van der Waals surface area contributed by atoms with E-state index in [1.807, 2.05) is 6.92 Å². The Labute approximate surface area is 97.9 Å². The third-order valence-electron chi connectivity index (χ3n) is 2.02. The molecule has 96 valence electrons. The van der Waals surface area contributed by atoms with Crippen LogP contribution in [0.15, 0.2) is 0 Å². The van der Waals surface area contributed by atoms with Gasteiger partial charge in [0.15, 0.2) is 0 Å². The van der Waals surface area contributed by atoms with E-state index in [1.165, 1.54) is 0 Å². The van der Waals surface area contributed by atoms with Crippen molar-refractivity contribution in [2.45, 2.75) is 46.1 Å². The molecule has 0 saturated heterocycles. The van der Waals surface area contributed by atoms with Crippen LogP contribution >= 0.6 is 0 Å². The number of hydrogen-bond acceptors (Lipinski definition) is 4. The summed E-state index contributed by atoms with van der Waals surface area (Å²) in [6.45, 7) is 6.99. The second kappa shape index (κ2) is 9.60. The summed E-state index contributed by atoms with van der Waals surface area (Å²) in [6, 6.07) is 0. The molecule has 1 unspecified atom stereocenters. The number of aliphatic hydroxyl groups excluding tert-OH is 1. The average molecular weight is 232 g/mol. The van der Waals surface area contributed by atoms with E-state index < -0.39 is 6.10 Å². The Morgan fingerprint density at radius 3 is 2.56 bits per heavy atom. The minimum atomic E-state index is -0.713. The van der Waals surface area contributed by atoms with Crippen LogP contribution in [-0.2, 0) is 14.3 Å². The molecule has 0 spiro atoms. The maximum atomic E-state index is 11.2. The molecule has 0 radical (unpaired) electrons. The summed E-state index contributed by atoms with van der Waals surface area (Å²) >= 11 is 0. The quantitative estimate of drug-likeness (QED) is 0.486. The molecule has 0 aliphatic rings. The lowest BCUT2D eigenvalue weighted by atomic mass is 10.1. The molecule has 0 aromatic carbocycles. The van der Waals surface area contributed by atoms with Crippen LogP contribution in [0.3, 0.4) is 0 Å². The van der Waals surface area contributed by atoms with Gasteiger partial charge in [-0.25, -0.2) is 0 Å². The van der Waals surface area contributed by atoms with Crippen molar-refractivity contribution in [2.75, 3.05) is 19.8 Å². The largest absolute Gasteiger partial charge is 0.463 e. The van der Waals surface area contributed by atoms with Crippen LogP contribution in [0, 0.1) is 5.92 Å². The third-order valence-corrected chi connectivity index (χ3v) is 2.02. The maximum absolute atomic E-state index is 11.2. The average Bonchev–Trinajstić information content (AvgIpc) is 2.24. The number of esters is 1. The van der Waals surface area contributed by atoms with Crippen LogP contribution < -0.4 is 0 Å². The fourth-order valence-electron chi connectivity index (χ4n) is 1.08. The van der Waals surface area contributed by atoms with Crippen molar-refractivity contribution in [1.29, 1.82) is 0 Å². The molecule has 0 aliphatic carbocycles. The number of hydrogen-bond donors (Lipinski definition) is 1. The highest BCUT2D eigenvalue weighted by Gasteiger charge is 2.09. The predicted octanol–water partition coefficient (Wildman–Crippen LogP) is 1.75. The van der Waals surface area contributed by atoms with Crippen LogP contribution in [0.5, 0.6) is 0 Å². The number of carbonyl (C=O) groups excluding carboxylic acids is 1. The molecular weight excluding hydrogens is 208 g/mol. The number of rotatable bonds is 9. The van der Waals surface area contributed by atoms with Crippen LogP contribution in [0.4, 0.5) is 0 Å². The van der Waals surface area contributed by atoms with Crippen molar-refractivity contribution in [2.24, 2.45) is 5.92 Å². The highest BCUT2D eigenvalue weighted by atomic mass is 16.5. The van der Waals surface area contributed by atoms with Crippen molar-refractivity contribution in [1.82, 2.24) is 0 Å². The van der Waals surface area contributed by atoms with Crippen molar-refractivity contribution in [3.05, 3.63) is 0 Å². The zero-order chi connectivity index (χ0) is 12.4. The second-order valence-corrected chi connectivity index (χ2v) is 4.34. The molecule has 0 bridgehead atoms. The van der Waals surface area contributed by atoms with E-state index in [2.05, 4.69) is 13.8 Å². The molecule has 0 aromatic heterocycles. The standard InChI is InChI=1S/C12H24O4/c1-4-7-15-8-11(13)9-16-12(14)6-5-10(2)3/h10-11,13H,4-9H2,1-3H3. The lowest BCUT2D eigenvalue weighted by Gasteiger charge is -2.11. The molecule has 0 aliphatic heterocycles. The van der Waals surface area contributed by atoms with Crippen LogP contribution in [0.2, 0.25) is 0 Å². The van der Waals surface area contributed by atoms with Gasteiger partial charge in [0.25, 0.3) is 0 Å². The first-order chi connectivity index (χ1) is 7.56. The zero-order valence-electron chi connectivity index (χ0n) is 10.6. The minimum Gasteiger partial charge on any atom is -0.463 e. The lowest BCUT2D eigenvalue weighted by molar-refractivity contribution is -0.148. The Bertz CT molecular complexity index is 180. The summed E-state index contributed by atoms with van der Waals surface area (Å²) in [7, 11) is 0. The highest BCUT2D eigenvalue weighted by Crippen LogP contribution is 2.04. The molecule has 0 fully saturated rings. The molecular formula is C12H24O4. The second-order valence-electron chi connectivity index (χ2n) is 4.34. The molecule has 1 N–H and O–H groups in total. The van der Waals surface area contributed by atoms with Gasteiger partial charge in [-0.3, -0.25) is 4.79 Å². The van der Waals surface area contributed by atoms with E-state index in [4.69, 9.17) is 9.47 Å². The first-order valence-corrected chi connectivity index (χ1v) is 5.97. The Morgan fingerprint density at radius 1 is 1.31 bits per heavy atom. The van der Waals surface area contributed by atoms with E-state index in [-0.39, 0.29) is 19.2 Å². The molecule has 4 nitrogen and oxygen atoms in total. The minimum absolute atomic E-state index is 0.0284. The summed E-state index contributed by atoms with van der Waals surface area (Å²) in [6.07, 6.45) is 1.44. The van der Waals surface area contributed by atoms with Crippen molar-refractivity contribution >= 4 is 5.97 Å². The van der Waals surface area contributed by atoms with Gasteiger partial charge in [-0.2, -0.15) is 0 Å². The Hall–Kier alpha value is -0.610. The smallest absolute Gasteiger partial charge is 0.305 e. The van der Waals surface area contributed by atoms with E-state index in [9.17, 15) is 9.90 Å². The fraction of sp³-hybridized carbons (Fsp3) is 0.917. The molecule has 0 amide bonds. The molecule has 0 heterocycles. The van der Waals surface area contributed by atoms with E-state index in [0.717, 1.165) is 12.8 Å². The van der Waals surface area contributed by atoms with Gasteiger partial charge in [0.1, 0.15) is 12.7 Å². The first kappa shape index (κ1) is 15.4. The molecule has 0 saturated carbocycles. The van der Waals surface area contributed by atoms with Gasteiger partial charge in [-0.1, -0.05) is 20.8 Å². The normalized spacial score (nSPS) is 12.8. The molecule has 16 heavy (non-hydrogen) atoms. The molecule has 1 atom stereocenters. The summed E-state index contributed by atoms with van der Waals surface area (Å²) in [5.74, 6) is 0.244. The van der Waals surface area contributed by atoms with Crippen LogP contribution in [0.1, 0.15) is 40.0 Å². The molecule has 0 rings (SSSR count). The van der Waals surface area contributed by atoms with Crippen molar-refractivity contribution in [3.63, 3.8) is 0 Å². The topological polar surface area (TPSA) is 55.8 Å². The van der Waals surface area contributed by atoms with Gasteiger partial charge in [0, 0.05) is 13.0 Å². The van der Waals surface area contributed by atoms with Crippen LogP contribution in [0.25, 0.3) is 0 Å². The molecule has 0 aromatic rings. The maximum Gasteiger partial charge on any atom is 0.305 e. The number of ether oxygens (including phenoxy) is 2. The third kappa shape index (κ3) is 9.93. The van der Waals surface area contributed by atoms with Gasteiger partial charge in [0.05, 0.1) is 6.61 Å². The first-order valence-electron chi connectivity index (χ1n) is 5.97. The zero-order valence-corrected chi connectivity index (χ0v) is 10.6. The van der Waals surface area contributed by atoms with E-state index in [0.29, 0.717) is 18.9 Å². The Balaban J connectivity index is 3.43. The SMILES string of the molecule is CCCOCC(O)COC(=O)CCC(C)C. The summed E-state index contributed by atoms with van der Waals surface area (Å²) in [5.41, 5.74) is 0. The summed E-state index contributed by atoms with van der Waals surface area (Å²) in [5, 5.41) is 9.40. The summed E-state index contributed by atoms with van der Waals surface area (Å²) in [4.78, 5) is 11.2. The molecule has 4 heteroatoms. The highest BCUT2D eigenvalue weighted by molar-refractivity contribution is 5.69. The van der Waals surface area contributed by atoms with Crippen LogP contribution in [-0.4, -0.2) is 37.0 Å². The van der Waals surface area contributed by atoms with Gasteiger partial charge in [-0.15, -0.1) is 0 Å². The van der Waals surface area contributed by atoms with Gasteiger partial charge >= 0.3 is 5.97 Å². The lowest BCUT2D eigenvalue weighted by Crippen LogP contribution is -2.24. The predicted molar refractivity (Wildman–Crippen MR) is 62.1 cm³/mol. The van der Waals surface area contributed by atoms with Crippen molar-refractivity contribution in [3.8, 4) is 0 Å². The summed E-state index contributed by atoms with van der Waals surface area (Å²) < 4.78 is 10.0. The monoisotopic (exact) mass is 232 g/mol.